The average Bonchev–Trinajstić information content (AvgIpc) is 3.35. The summed E-state index contributed by atoms with van der Waals surface area (Å²) >= 11 is 0. The van der Waals surface area contributed by atoms with Crippen LogP contribution >= 0.6 is 0 Å². The fourth-order valence-corrected chi connectivity index (χ4v) is 5.99. The summed E-state index contributed by atoms with van der Waals surface area (Å²) in [5, 5.41) is 10.6. The molecule has 2 aliphatic heterocycles. The quantitative estimate of drug-likeness (QED) is 0.603. The molecule has 2 aliphatic rings. The lowest BCUT2D eigenvalue weighted by Crippen LogP contribution is -2.50. The van der Waals surface area contributed by atoms with Crippen molar-refractivity contribution in [2.24, 2.45) is 0 Å². The molecule has 3 N–H and O–H groups in total. The first-order valence-corrected chi connectivity index (χ1v) is 10.6. The van der Waals surface area contributed by atoms with Gasteiger partial charge >= 0.3 is 0 Å². The van der Waals surface area contributed by atoms with Gasteiger partial charge in [-0.3, -0.25) is 0 Å². The van der Waals surface area contributed by atoms with Crippen molar-refractivity contribution in [3.05, 3.63) is 42.5 Å². The summed E-state index contributed by atoms with van der Waals surface area (Å²) in [6, 6.07) is 5.44. The summed E-state index contributed by atoms with van der Waals surface area (Å²) in [4.78, 5) is 12.6. The van der Waals surface area contributed by atoms with Gasteiger partial charge in [0, 0.05) is 6.54 Å². The highest BCUT2D eigenvalue weighted by Crippen LogP contribution is 2.39. The second-order valence-electron chi connectivity index (χ2n) is 7.40. The number of nitrogens with zero attached hydrogens (tertiary/aromatic N) is 5. The Labute approximate surface area is 167 Å². The van der Waals surface area contributed by atoms with Crippen LogP contribution in [0.4, 0.5) is 5.82 Å². The third-order valence-corrected chi connectivity index (χ3v) is 7.60. The Kier molecular flexibility index (Phi) is 4.10. The third-order valence-electron chi connectivity index (χ3n) is 5.63. The molecule has 29 heavy (non-hydrogen) atoms. The Morgan fingerprint density at radius 1 is 1.24 bits per heavy atom. The van der Waals surface area contributed by atoms with Crippen LogP contribution in [0.25, 0.3) is 11.2 Å². The van der Waals surface area contributed by atoms with Crippen molar-refractivity contribution in [1.29, 1.82) is 0 Å². The molecule has 11 heteroatoms. The first-order valence-electron chi connectivity index (χ1n) is 9.19. The maximum absolute atomic E-state index is 13.4. The molecule has 0 radical (unpaired) electrons. The second-order valence-corrected chi connectivity index (χ2v) is 9.24. The highest BCUT2D eigenvalue weighted by atomic mass is 32.2. The normalized spacial score (nSPS) is 27.1. The lowest BCUT2D eigenvalue weighted by atomic mass is 10.1. The van der Waals surface area contributed by atoms with Gasteiger partial charge in [-0.2, -0.15) is 4.31 Å². The van der Waals surface area contributed by atoms with Crippen LogP contribution in [0, 0.1) is 6.92 Å². The lowest BCUT2D eigenvalue weighted by Gasteiger charge is -2.33. The number of fused-ring (bicyclic) bond motifs is 3. The molecule has 4 atom stereocenters. The number of aromatic nitrogens is 4. The first kappa shape index (κ1) is 18.4. The number of rotatable bonds is 4. The summed E-state index contributed by atoms with van der Waals surface area (Å²) < 4.78 is 35.6. The van der Waals surface area contributed by atoms with Crippen molar-refractivity contribution in [2.75, 3.05) is 12.3 Å². The third kappa shape index (κ3) is 2.73. The number of nitrogen functional groups attached to an aromatic ring is 1. The molecule has 152 valence electrons. The van der Waals surface area contributed by atoms with Crippen LogP contribution in [-0.4, -0.2) is 68.2 Å². The minimum absolute atomic E-state index is 0.160. The summed E-state index contributed by atoms with van der Waals surface area (Å²) in [5.74, 6) is 0.252. The Hall–Kier alpha value is -2.60. The van der Waals surface area contributed by atoms with E-state index in [2.05, 4.69) is 15.0 Å². The molecule has 0 amide bonds. The van der Waals surface area contributed by atoms with E-state index in [1.54, 1.807) is 35.2 Å². The first-order chi connectivity index (χ1) is 13.9. The lowest BCUT2D eigenvalue weighted by molar-refractivity contribution is 0.000660. The summed E-state index contributed by atoms with van der Waals surface area (Å²) in [5.41, 5.74) is 7.77. The van der Waals surface area contributed by atoms with Gasteiger partial charge in [-0.15, -0.1) is 0 Å². The van der Waals surface area contributed by atoms with Crippen molar-refractivity contribution in [2.45, 2.75) is 42.7 Å². The largest absolute Gasteiger partial charge is 0.389 e. The summed E-state index contributed by atoms with van der Waals surface area (Å²) in [6.07, 6.45) is 1.36. The number of anilines is 1. The van der Waals surface area contributed by atoms with Crippen LogP contribution in [-0.2, 0) is 21.3 Å². The van der Waals surface area contributed by atoms with Crippen molar-refractivity contribution < 1.29 is 18.3 Å². The van der Waals surface area contributed by atoms with Crippen molar-refractivity contribution in [3.8, 4) is 0 Å². The number of aryl methyl sites for hydroxylation is 1. The number of nitrogens with two attached hydrogens (primary N) is 1. The average molecular weight is 416 g/mol. The van der Waals surface area contributed by atoms with Crippen molar-refractivity contribution >= 4 is 27.0 Å². The smallest absolute Gasteiger partial charge is 0.243 e. The van der Waals surface area contributed by atoms with E-state index in [9.17, 15) is 13.5 Å². The minimum atomic E-state index is -3.83. The zero-order valence-corrected chi connectivity index (χ0v) is 16.4. The van der Waals surface area contributed by atoms with E-state index in [0.717, 1.165) is 5.56 Å². The highest BCUT2D eigenvalue weighted by Gasteiger charge is 2.58. The minimum Gasteiger partial charge on any atom is -0.389 e. The van der Waals surface area contributed by atoms with E-state index >= 15 is 0 Å². The Morgan fingerprint density at radius 3 is 2.76 bits per heavy atom. The van der Waals surface area contributed by atoms with Crippen molar-refractivity contribution in [1.82, 2.24) is 23.8 Å². The van der Waals surface area contributed by atoms with Crippen LogP contribution < -0.4 is 5.73 Å². The predicted molar refractivity (Wildman–Crippen MR) is 103 cm³/mol. The maximum Gasteiger partial charge on any atom is 0.243 e. The molecule has 10 nitrogen and oxygen atoms in total. The second kappa shape index (κ2) is 6.46. The number of sulfonamides is 1. The van der Waals surface area contributed by atoms with Gasteiger partial charge in [-0.25, -0.2) is 23.4 Å². The number of benzene rings is 1. The van der Waals surface area contributed by atoms with Crippen LogP contribution in [0.15, 0.2) is 41.8 Å². The molecule has 0 saturated carbocycles. The number of morpholine rings is 1. The Morgan fingerprint density at radius 2 is 2.00 bits per heavy atom. The Balaban J connectivity index is 1.55. The number of aliphatic hydroxyl groups excluding tert-OH is 1. The Bertz CT molecular complexity index is 1180. The number of ether oxygens (including phenoxy) is 1. The molecular weight excluding hydrogens is 396 g/mol. The molecule has 0 aliphatic carbocycles. The van der Waals surface area contributed by atoms with E-state index in [1.165, 1.54) is 10.6 Å². The summed E-state index contributed by atoms with van der Waals surface area (Å²) in [6.45, 7) is 2.27. The number of aliphatic hydroxyl groups is 1. The monoisotopic (exact) mass is 416 g/mol. The van der Waals surface area contributed by atoms with Gasteiger partial charge in [0.05, 0.1) is 29.9 Å². The van der Waals surface area contributed by atoms with E-state index in [1.807, 2.05) is 6.92 Å². The van der Waals surface area contributed by atoms with Gasteiger partial charge in [0.15, 0.2) is 11.5 Å². The number of hydrogen-bond donors (Lipinski definition) is 2. The zero-order chi connectivity index (χ0) is 20.3. The van der Waals surface area contributed by atoms with E-state index in [4.69, 9.17) is 10.5 Å². The van der Waals surface area contributed by atoms with E-state index in [-0.39, 0.29) is 23.9 Å². The van der Waals surface area contributed by atoms with E-state index in [0.29, 0.717) is 11.2 Å². The number of hydrogen-bond acceptors (Lipinski definition) is 8. The topological polar surface area (TPSA) is 136 Å². The molecule has 2 bridgehead atoms. The molecular formula is C18H20N6O4S. The fourth-order valence-electron chi connectivity index (χ4n) is 4.19. The van der Waals surface area contributed by atoms with Crippen LogP contribution in [0.1, 0.15) is 5.56 Å². The van der Waals surface area contributed by atoms with Gasteiger partial charge < -0.3 is 20.1 Å². The molecule has 2 saturated heterocycles. The molecule has 3 aromatic rings. The van der Waals surface area contributed by atoms with Crippen LogP contribution in [0.2, 0.25) is 0 Å². The SMILES string of the molecule is Cc1ccc(S(=O)(=O)N2[C@H]3CO[C@H]([C@@H]3O)[C@@H]2Cn2cnc3c(N)ncnc32)cc1. The fraction of sp³-hybridized carbons (Fsp3) is 0.389. The number of imidazole rings is 1. The molecule has 0 spiro atoms. The molecule has 2 fully saturated rings. The standard InChI is InChI=1S/C18H20N6O4S/c1-10-2-4-11(5-3-10)29(26,27)24-12(16-15(25)13(24)7-28-16)6-23-9-22-14-17(19)20-8-21-18(14)23/h2-5,8-9,12-13,15-16,25H,6-7H2,1H3,(H2,19,20,21)/t12-,13-,15+,16-/m0/s1. The van der Waals surface area contributed by atoms with Crippen molar-refractivity contribution in [3.63, 3.8) is 0 Å². The van der Waals surface area contributed by atoms with Gasteiger partial charge in [-0.05, 0) is 19.1 Å². The maximum atomic E-state index is 13.4. The van der Waals surface area contributed by atoms with Gasteiger partial charge in [-0.1, -0.05) is 17.7 Å². The predicted octanol–water partition coefficient (Wildman–Crippen LogP) is -0.0817. The van der Waals surface area contributed by atoms with Gasteiger partial charge in [0.25, 0.3) is 0 Å². The molecule has 0 unspecified atom stereocenters. The molecule has 5 rings (SSSR count). The highest BCUT2D eigenvalue weighted by molar-refractivity contribution is 7.89. The van der Waals surface area contributed by atoms with Gasteiger partial charge in [0.1, 0.15) is 24.1 Å². The van der Waals surface area contributed by atoms with Crippen LogP contribution in [0.3, 0.4) is 0 Å². The molecule has 2 aromatic heterocycles. The van der Waals surface area contributed by atoms with Gasteiger partial charge in [0.2, 0.25) is 10.0 Å². The van der Waals surface area contributed by atoms with E-state index < -0.39 is 34.3 Å². The molecule has 1 aromatic carbocycles. The molecule has 4 heterocycles. The van der Waals surface area contributed by atoms with Crippen LogP contribution in [0.5, 0.6) is 0 Å². The zero-order valence-electron chi connectivity index (χ0n) is 15.6. The summed E-state index contributed by atoms with van der Waals surface area (Å²) in [7, 11) is -3.83.